The largest absolute Gasteiger partial charge is 0.433 e. The second-order valence-corrected chi connectivity index (χ2v) is 3.54. The molecule has 0 saturated carbocycles. The quantitative estimate of drug-likeness (QED) is 0.687. The van der Waals surface area contributed by atoms with Crippen molar-refractivity contribution >= 4 is 16.8 Å². The molecule has 0 fully saturated rings. The van der Waals surface area contributed by atoms with Crippen LogP contribution in [0.3, 0.4) is 0 Å². The molecule has 18 heavy (non-hydrogen) atoms. The zero-order valence-electron chi connectivity index (χ0n) is 8.56. The van der Waals surface area contributed by atoms with Crippen molar-refractivity contribution in [1.82, 2.24) is 4.98 Å². The Hall–Kier alpha value is -1.28. The lowest BCUT2D eigenvalue weighted by Gasteiger charge is -2.14. The van der Waals surface area contributed by atoms with Gasteiger partial charge in [-0.1, -0.05) is 0 Å². The van der Waals surface area contributed by atoms with Gasteiger partial charge >= 0.3 is 6.18 Å². The van der Waals surface area contributed by atoms with Gasteiger partial charge in [-0.3, -0.25) is 4.79 Å². The number of rotatable bonds is 3. The van der Waals surface area contributed by atoms with Crippen molar-refractivity contribution in [2.75, 3.05) is 0 Å². The van der Waals surface area contributed by atoms with Crippen LogP contribution in [-0.4, -0.2) is 10.2 Å². The van der Waals surface area contributed by atoms with E-state index in [4.69, 9.17) is 17.3 Å². The second kappa shape index (κ2) is 5.15. The predicted octanol–water partition coefficient (Wildman–Crippen LogP) is 2.88. The number of alkyl halides is 5. The molecule has 0 aliphatic rings. The van der Waals surface area contributed by atoms with Crippen LogP contribution in [0.25, 0.3) is 0 Å². The highest BCUT2D eigenvalue weighted by molar-refractivity contribution is 6.67. The van der Waals surface area contributed by atoms with E-state index in [9.17, 15) is 26.7 Å². The normalized spacial score (nSPS) is 12.0. The van der Waals surface area contributed by atoms with Crippen LogP contribution in [-0.2, 0) is 12.7 Å². The summed E-state index contributed by atoms with van der Waals surface area (Å²) in [5.41, 5.74) is 0.864. The number of nitrogens with two attached hydrogens (primary N) is 1. The third-order valence-corrected chi connectivity index (χ3v) is 2.26. The molecule has 3 nitrogen and oxygen atoms in total. The maximum Gasteiger partial charge on any atom is 0.433 e. The second-order valence-electron chi connectivity index (χ2n) is 3.20. The van der Waals surface area contributed by atoms with Gasteiger partial charge in [0.05, 0.1) is 0 Å². The summed E-state index contributed by atoms with van der Waals surface area (Å²) in [6, 6.07) is 0.511. The van der Waals surface area contributed by atoms with Gasteiger partial charge in [-0.2, -0.15) is 13.2 Å². The number of hydrogen-bond donors (Lipinski definition) is 1. The van der Waals surface area contributed by atoms with E-state index in [1.165, 1.54) is 0 Å². The highest BCUT2D eigenvalue weighted by Gasteiger charge is 2.38. The topological polar surface area (TPSA) is 56.0 Å². The number of halogens is 6. The van der Waals surface area contributed by atoms with Crippen molar-refractivity contribution in [1.29, 1.82) is 0 Å². The molecule has 0 saturated heterocycles. The van der Waals surface area contributed by atoms with Crippen LogP contribution in [0.5, 0.6) is 0 Å². The third-order valence-electron chi connectivity index (χ3n) is 2.05. The first-order chi connectivity index (χ1) is 8.18. The Morgan fingerprint density at radius 2 is 2.00 bits per heavy atom. The minimum atomic E-state index is -5.00. The average Bonchev–Trinajstić information content (AvgIpc) is 2.25. The minimum Gasteiger partial charge on any atom is -0.326 e. The van der Waals surface area contributed by atoms with Gasteiger partial charge in [-0.15, -0.1) is 0 Å². The Balaban J connectivity index is 3.62. The zero-order chi connectivity index (χ0) is 14.1. The Morgan fingerprint density at radius 1 is 1.44 bits per heavy atom. The number of hydrogen-bond acceptors (Lipinski definition) is 3. The number of pyridine rings is 1. The number of aromatic nitrogens is 1. The minimum absolute atomic E-state index is 0.511. The highest BCUT2D eigenvalue weighted by atomic mass is 35.5. The van der Waals surface area contributed by atoms with Gasteiger partial charge in [0.25, 0.3) is 11.7 Å². The van der Waals surface area contributed by atoms with Crippen LogP contribution in [0, 0.1) is 0 Å². The predicted molar refractivity (Wildman–Crippen MR) is 52.3 cm³/mol. The summed E-state index contributed by atoms with van der Waals surface area (Å²) in [5.74, 6) is 0. The maximum atomic E-state index is 12.6. The summed E-state index contributed by atoms with van der Waals surface area (Å²) in [6.07, 6.45) is -8.26. The van der Waals surface area contributed by atoms with E-state index in [0.29, 0.717) is 6.07 Å². The molecule has 2 N–H and O–H groups in total. The first-order valence-corrected chi connectivity index (χ1v) is 4.85. The molecule has 0 unspecified atom stereocenters. The summed E-state index contributed by atoms with van der Waals surface area (Å²) in [5, 5.41) is -1.30. The van der Waals surface area contributed by atoms with Gasteiger partial charge in [0.1, 0.15) is 11.4 Å². The standard InChI is InChI=1S/C9H6ClF5N2O/c10-7(18)3-1-5(8(11)12)17-6(4(3)2-16)9(13,14)15/h1,8H,2,16H2. The van der Waals surface area contributed by atoms with Crippen molar-refractivity contribution < 1.29 is 26.7 Å². The molecule has 0 atom stereocenters. The Kier molecular flexibility index (Phi) is 4.23. The molecule has 0 aromatic carbocycles. The molecule has 1 aromatic rings. The first-order valence-electron chi connectivity index (χ1n) is 4.47. The van der Waals surface area contributed by atoms with Crippen molar-refractivity contribution in [3.63, 3.8) is 0 Å². The van der Waals surface area contributed by atoms with E-state index in [1.54, 1.807) is 0 Å². The Labute approximate surface area is 103 Å². The molecule has 0 bridgehead atoms. The summed E-state index contributed by atoms with van der Waals surface area (Å²) >= 11 is 5.05. The Bertz CT molecular complexity index is 475. The van der Waals surface area contributed by atoms with Crippen molar-refractivity contribution in [2.24, 2.45) is 5.73 Å². The Morgan fingerprint density at radius 3 is 2.33 bits per heavy atom. The molecular formula is C9H6ClF5N2O. The maximum absolute atomic E-state index is 12.6. The molecule has 1 heterocycles. The van der Waals surface area contributed by atoms with Crippen LogP contribution in [0.2, 0.25) is 0 Å². The average molecular weight is 289 g/mol. The van der Waals surface area contributed by atoms with Gasteiger partial charge in [-0.25, -0.2) is 13.8 Å². The molecule has 100 valence electrons. The fraction of sp³-hybridized carbons (Fsp3) is 0.333. The highest BCUT2D eigenvalue weighted by Crippen LogP contribution is 2.34. The summed E-state index contributed by atoms with van der Waals surface area (Å²) in [6.45, 7) is -0.695. The lowest BCUT2D eigenvalue weighted by Crippen LogP contribution is -2.19. The van der Waals surface area contributed by atoms with E-state index in [-0.39, 0.29) is 0 Å². The van der Waals surface area contributed by atoms with Crippen LogP contribution in [0.1, 0.15) is 33.7 Å². The van der Waals surface area contributed by atoms with Gasteiger partial charge in [0.15, 0.2) is 0 Å². The number of carbonyl (C=O) groups excluding carboxylic acids is 1. The summed E-state index contributed by atoms with van der Waals surface area (Å²) in [4.78, 5) is 13.7. The zero-order valence-corrected chi connectivity index (χ0v) is 9.32. The van der Waals surface area contributed by atoms with Gasteiger partial charge in [0, 0.05) is 17.7 Å². The van der Waals surface area contributed by atoms with E-state index in [2.05, 4.69) is 4.98 Å². The van der Waals surface area contributed by atoms with E-state index in [1.807, 2.05) is 0 Å². The molecule has 0 aliphatic heterocycles. The van der Waals surface area contributed by atoms with Gasteiger partial charge in [0.2, 0.25) is 0 Å². The monoisotopic (exact) mass is 288 g/mol. The van der Waals surface area contributed by atoms with Crippen molar-refractivity contribution in [2.45, 2.75) is 19.1 Å². The van der Waals surface area contributed by atoms with E-state index < -0.39 is 46.9 Å². The molecule has 0 amide bonds. The van der Waals surface area contributed by atoms with E-state index >= 15 is 0 Å². The van der Waals surface area contributed by atoms with Crippen molar-refractivity contribution in [3.05, 3.63) is 28.6 Å². The van der Waals surface area contributed by atoms with Crippen LogP contribution in [0.15, 0.2) is 6.07 Å². The summed E-state index contributed by atoms with van der Waals surface area (Å²) in [7, 11) is 0. The van der Waals surface area contributed by atoms with E-state index in [0.717, 1.165) is 0 Å². The fourth-order valence-electron chi connectivity index (χ4n) is 1.32. The van der Waals surface area contributed by atoms with Gasteiger partial charge in [-0.05, 0) is 17.7 Å². The molecule has 0 radical (unpaired) electrons. The summed E-state index contributed by atoms with van der Waals surface area (Å²) < 4.78 is 62.6. The molecule has 9 heteroatoms. The molecule has 1 rings (SSSR count). The molecule has 0 aliphatic carbocycles. The van der Waals surface area contributed by atoms with Crippen LogP contribution >= 0.6 is 11.6 Å². The van der Waals surface area contributed by atoms with Gasteiger partial charge < -0.3 is 5.73 Å². The number of nitrogens with zero attached hydrogens (tertiary/aromatic N) is 1. The lowest BCUT2D eigenvalue weighted by atomic mass is 10.1. The third kappa shape index (κ3) is 2.94. The van der Waals surface area contributed by atoms with Crippen molar-refractivity contribution in [3.8, 4) is 0 Å². The SMILES string of the molecule is NCc1c(C(=O)Cl)cc(C(F)F)nc1C(F)(F)F. The smallest absolute Gasteiger partial charge is 0.326 e. The molecular weight excluding hydrogens is 283 g/mol. The number of carbonyl (C=O) groups is 1. The molecule has 0 spiro atoms. The first kappa shape index (κ1) is 14.8. The van der Waals surface area contributed by atoms with Crippen LogP contribution < -0.4 is 5.73 Å². The van der Waals surface area contributed by atoms with Crippen LogP contribution in [0.4, 0.5) is 22.0 Å². The fourth-order valence-corrected chi connectivity index (χ4v) is 1.49. The molecule has 1 aromatic heterocycles. The lowest BCUT2D eigenvalue weighted by molar-refractivity contribution is -0.142.